The second kappa shape index (κ2) is 2.51. The molecule has 3 nitrogen and oxygen atoms in total. The highest BCUT2D eigenvalue weighted by atomic mass is 16.3. The van der Waals surface area contributed by atoms with Gasteiger partial charge in [0.25, 0.3) is 0 Å². The summed E-state index contributed by atoms with van der Waals surface area (Å²) in [6.07, 6.45) is 5.13. The van der Waals surface area contributed by atoms with Gasteiger partial charge in [0.15, 0.2) is 0 Å². The van der Waals surface area contributed by atoms with Crippen LogP contribution in [0.1, 0.15) is 32.1 Å². The van der Waals surface area contributed by atoms with E-state index < -0.39 is 5.60 Å². The van der Waals surface area contributed by atoms with Crippen LogP contribution in [0.3, 0.4) is 0 Å². The Morgan fingerprint density at radius 2 is 1.79 bits per heavy atom. The van der Waals surface area contributed by atoms with Crippen LogP contribution in [0.5, 0.6) is 0 Å². The van der Waals surface area contributed by atoms with Crippen molar-refractivity contribution in [2.45, 2.75) is 37.7 Å². The first-order chi connectivity index (χ1) is 6.58. The highest BCUT2D eigenvalue weighted by Crippen LogP contribution is 2.58. The standard InChI is InChI=1S/C11H17NO2/c12-10(13)9-8-2-6-1-7(3-8)5-11(9,14)4-6/h6-9,14H,1-5H2,(H2,12,13). The molecule has 1 amide bonds. The van der Waals surface area contributed by atoms with Gasteiger partial charge in [-0.2, -0.15) is 0 Å². The number of primary amides is 1. The topological polar surface area (TPSA) is 63.3 Å². The first kappa shape index (κ1) is 8.72. The molecular weight excluding hydrogens is 178 g/mol. The lowest BCUT2D eigenvalue weighted by Gasteiger charge is -2.57. The summed E-state index contributed by atoms with van der Waals surface area (Å²) < 4.78 is 0. The third-order valence-electron chi connectivity index (χ3n) is 4.58. The number of aliphatic hydroxyl groups is 1. The van der Waals surface area contributed by atoms with Crippen molar-refractivity contribution in [3.63, 3.8) is 0 Å². The molecule has 0 aromatic heterocycles. The molecule has 3 heteroatoms. The summed E-state index contributed by atoms with van der Waals surface area (Å²) in [5, 5.41) is 10.4. The molecule has 0 aromatic rings. The highest BCUT2D eigenvalue weighted by Gasteiger charge is 2.58. The van der Waals surface area contributed by atoms with Crippen molar-refractivity contribution < 1.29 is 9.90 Å². The molecule has 4 aliphatic rings. The van der Waals surface area contributed by atoms with Crippen LogP contribution in [0.2, 0.25) is 0 Å². The third-order valence-corrected chi connectivity index (χ3v) is 4.58. The van der Waals surface area contributed by atoms with Gasteiger partial charge in [0.1, 0.15) is 0 Å². The van der Waals surface area contributed by atoms with Crippen molar-refractivity contribution in [3.8, 4) is 0 Å². The fourth-order valence-corrected chi connectivity index (χ4v) is 4.49. The van der Waals surface area contributed by atoms with Gasteiger partial charge in [-0.1, -0.05) is 0 Å². The molecule has 4 aliphatic carbocycles. The van der Waals surface area contributed by atoms with Gasteiger partial charge in [-0.25, -0.2) is 0 Å². The minimum Gasteiger partial charge on any atom is -0.389 e. The minimum absolute atomic E-state index is 0.254. The normalized spacial score (nSPS) is 54.9. The van der Waals surface area contributed by atoms with E-state index in [1.807, 2.05) is 0 Å². The quantitative estimate of drug-likeness (QED) is 0.645. The average molecular weight is 195 g/mol. The zero-order valence-electron chi connectivity index (χ0n) is 8.28. The lowest BCUT2D eigenvalue weighted by molar-refractivity contribution is -0.179. The first-order valence-electron chi connectivity index (χ1n) is 5.60. The van der Waals surface area contributed by atoms with Gasteiger partial charge in [0.05, 0.1) is 11.5 Å². The summed E-state index contributed by atoms with van der Waals surface area (Å²) in [4.78, 5) is 11.4. The average Bonchev–Trinajstić information content (AvgIpc) is 1.97. The van der Waals surface area contributed by atoms with Crippen molar-refractivity contribution in [1.82, 2.24) is 0 Å². The molecule has 3 N–H and O–H groups in total. The fraction of sp³-hybridized carbons (Fsp3) is 0.909. The molecule has 4 fully saturated rings. The molecule has 78 valence electrons. The lowest BCUT2D eigenvalue weighted by atomic mass is 9.49. The SMILES string of the molecule is NC(=O)C1C2CC3CC(C2)CC1(O)C3. The Bertz CT molecular complexity index is 275. The Hall–Kier alpha value is -0.570. The summed E-state index contributed by atoms with van der Waals surface area (Å²) in [5.74, 6) is 1.16. The van der Waals surface area contributed by atoms with Crippen LogP contribution in [0.25, 0.3) is 0 Å². The van der Waals surface area contributed by atoms with E-state index in [2.05, 4.69) is 0 Å². The molecule has 0 spiro atoms. The van der Waals surface area contributed by atoms with Crippen molar-refractivity contribution >= 4 is 5.91 Å². The fourth-order valence-electron chi connectivity index (χ4n) is 4.49. The van der Waals surface area contributed by atoms with E-state index in [9.17, 15) is 9.90 Å². The van der Waals surface area contributed by atoms with Crippen LogP contribution < -0.4 is 5.73 Å². The molecule has 4 saturated carbocycles. The van der Waals surface area contributed by atoms with Gasteiger partial charge < -0.3 is 10.8 Å². The molecule has 0 radical (unpaired) electrons. The van der Waals surface area contributed by atoms with Gasteiger partial charge in [-0.3, -0.25) is 4.79 Å². The van der Waals surface area contributed by atoms with Gasteiger partial charge in [-0.15, -0.1) is 0 Å². The van der Waals surface area contributed by atoms with Gasteiger partial charge in [0.2, 0.25) is 5.91 Å². The lowest BCUT2D eigenvalue weighted by Crippen LogP contribution is -2.60. The zero-order chi connectivity index (χ0) is 9.92. The maximum Gasteiger partial charge on any atom is 0.223 e. The molecule has 4 rings (SSSR count). The Labute approximate surface area is 83.7 Å². The molecule has 0 saturated heterocycles. The van der Waals surface area contributed by atoms with E-state index in [0.29, 0.717) is 17.8 Å². The van der Waals surface area contributed by atoms with E-state index in [-0.39, 0.29) is 11.8 Å². The zero-order valence-corrected chi connectivity index (χ0v) is 8.28. The molecule has 14 heavy (non-hydrogen) atoms. The van der Waals surface area contributed by atoms with E-state index in [0.717, 1.165) is 25.7 Å². The van der Waals surface area contributed by atoms with Crippen molar-refractivity contribution in [2.24, 2.45) is 29.4 Å². The summed E-state index contributed by atoms with van der Waals surface area (Å²) in [6.45, 7) is 0. The predicted octanol–water partition coefficient (Wildman–Crippen LogP) is 0.659. The van der Waals surface area contributed by atoms with Crippen LogP contribution in [-0.2, 0) is 4.79 Å². The number of carbonyl (C=O) groups is 1. The Kier molecular flexibility index (Phi) is 1.56. The first-order valence-corrected chi connectivity index (χ1v) is 5.60. The van der Waals surface area contributed by atoms with E-state index >= 15 is 0 Å². The van der Waals surface area contributed by atoms with Crippen LogP contribution in [0.15, 0.2) is 0 Å². The summed E-state index contributed by atoms with van der Waals surface area (Å²) in [6, 6.07) is 0. The van der Waals surface area contributed by atoms with E-state index in [4.69, 9.17) is 5.73 Å². The summed E-state index contributed by atoms with van der Waals surface area (Å²) >= 11 is 0. The number of hydrogen-bond acceptors (Lipinski definition) is 2. The summed E-state index contributed by atoms with van der Waals surface area (Å²) in [7, 11) is 0. The number of carbonyl (C=O) groups excluding carboxylic acids is 1. The molecule has 4 bridgehead atoms. The van der Waals surface area contributed by atoms with Crippen molar-refractivity contribution in [2.75, 3.05) is 0 Å². The number of hydrogen-bond donors (Lipinski definition) is 2. The molecule has 3 atom stereocenters. The molecule has 0 aromatic carbocycles. The van der Waals surface area contributed by atoms with Gasteiger partial charge in [-0.05, 0) is 49.9 Å². The second-order valence-electron chi connectivity index (χ2n) is 5.59. The van der Waals surface area contributed by atoms with Crippen molar-refractivity contribution in [3.05, 3.63) is 0 Å². The Morgan fingerprint density at radius 3 is 2.21 bits per heavy atom. The van der Waals surface area contributed by atoms with Gasteiger partial charge in [0, 0.05) is 0 Å². The van der Waals surface area contributed by atoms with E-state index in [1.165, 1.54) is 6.42 Å². The van der Waals surface area contributed by atoms with Crippen LogP contribution in [0, 0.1) is 23.7 Å². The molecule has 0 aliphatic heterocycles. The van der Waals surface area contributed by atoms with E-state index in [1.54, 1.807) is 0 Å². The largest absolute Gasteiger partial charge is 0.389 e. The second-order valence-corrected chi connectivity index (χ2v) is 5.59. The summed E-state index contributed by atoms with van der Waals surface area (Å²) in [5.41, 5.74) is 4.67. The monoisotopic (exact) mass is 195 g/mol. The molecular formula is C11H17NO2. The minimum atomic E-state index is -0.736. The van der Waals surface area contributed by atoms with Gasteiger partial charge >= 0.3 is 0 Å². The highest BCUT2D eigenvalue weighted by molar-refractivity contribution is 5.78. The van der Waals surface area contributed by atoms with Crippen LogP contribution >= 0.6 is 0 Å². The number of nitrogens with two attached hydrogens (primary N) is 1. The molecule has 0 heterocycles. The molecule has 3 unspecified atom stereocenters. The smallest absolute Gasteiger partial charge is 0.223 e. The Balaban J connectivity index is 1.97. The number of amides is 1. The maximum absolute atomic E-state index is 11.4. The number of rotatable bonds is 1. The van der Waals surface area contributed by atoms with Crippen LogP contribution in [0.4, 0.5) is 0 Å². The predicted molar refractivity (Wildman–Crippen MR) is 51.2 cm³/mol. The third kappa shape index (κ3) is 0.991. The van der Waals surface area contributed by atoms with Crippen molar-refractivity contribution in [1.29, 1.82) is 0 Å². The van der Waals surface area contributed by atoms with Crippen LogP contribution in [-0.4, -0.2) is 16.6 Å². The maximum atomic E-state index is 11.4. The Morgan fingerprint density at radius 1 is 1.21 bits per heavy atom.